The average molecular weight is 225 g/mol. The number of carbonyl (C=O) groups is 1. The minimum Gasteiger partial charge on any atom is -0.396 e. The van der Waals surface area contributed by atoms with E-state index < -0.39 is 0 Å². The van der Waals surface area contributed by atoms with Gasteiger partial charge in [0, 0.05) is 12.5 Å². The third-order valence-corrected chi connectivity index (χ3v) is 2.35. The Bertz CT molecular complexity index is 334. The predicted octanol–water partition coefficient (Wildman–Crippen LogP) is 1.28. The van der Waals surface area contributed by atoms with Gasteiger partial charge in [0.25, 0.3) is 5.91 Å². The zero-order valence-electron chi connectivity index (χ0n) is 9.89. The largest absolute Gasteiger partial charge is 0.396 e. The average Bonchev–Trinajstić information content (AvgIpc) is 2.72. The molecule has 0 radical (unpaired) electrons. The highest BCUT2D eigenvalue weighted by molar-refractivity contribution is 5.79. The topological polar surface area (TPSA) is 68.0 Å². The minimum absolute atomic E-state index is 0.0332. The molecule has 0 saturated carbocycles. The van der Waals surface area contributed by atoms with Gasteiger partial charge in [0.15, 0.2) is 0 Å². The molecule has 1 N–H and O–H groups in total. The summed E-state index contributed by atoms with van der Waals surface area (Å²) in [6.07, 6.45) is 5.27. The number of nitrogens with zero attached hydrogens (tertiary/aromatic N) is 3. The second-order valence-electron chi connectivity index (χ2n) is 4.18. The van der Waals surface area contributed by atoms with Crippen molar-refractivity contribution in [1.29, 1.82) is 0 Å². The van der Waals surface area contributed by atoms with Gasteiger partial charge in [-0.25, -0.2) is 0 Å². The first-order valence-electron chi connectivity index (χ1n) is 5.71. The zero-order chi connectivity index (χ0) is 12.0. The van der Waals surface area contributed by atoms with E-state index >= 15 is 0 Å². The second kappa shape index (κ2) is 6.37. The molecule has 1 rings (SSSR count). The van der Waals surface area contributed by atoms with Crippen LogP contribution in [0.25, 0.3) is 0 Å². The van der Waals surface area contributed by atoms with E-state index in [0.29, 0.717) is 0 Å². The SMILES string of the molecule is CC(C)C(=O)n1cc(CCCCCO)nn1. The third kappa shape index (κ3) is 3.73. The molecule has 1 heterocycles. The Balaban J connectivity index is 2.42. The first-order valence-corrected chi connectivity index (χ1v) is 5.71. The molecular formula is C11H19N3O2. The van der Waals surface area contributed by atoms with Gasteiger partial charge in [-0.2, -0.15) is 4.68 Å². The molecule has 0 atom stereocenters. The van der Waals surface area contributed by atoms with Crippen molar-refractivity contribution in [3.8, 4) is 0 Å². The smallest absolute Gasteiger partial charge is 0.250 e. The first-order chi connectivity index (χ1) is 7.65. The summed E-state index contributed by atoms with van der Waals surface area (Å²) in [4.78, 5) is 11.6. The van der Waals surface area contributed by atoms with Crippen molar-refractivity contribution in [3.63, 3.8) is 0 Å². The highest BCUT2D eigenvalue weighted by Gasteiger charge is 2.11. The van der Waals surface area contributed by atoms with Gasteiger partial charge in [-0.15, -0.1) is 5.10 Å². The van der Waals surface area contributed by atoms with Crippen LogP contribution in [0.4, 0.5) is 0 Å². The molecule has 0 spiro atoms. The fourth-order valence-corrected chi connectivity index (χ4v) is 1.38. The van der Waals surface area contributed by atoms with E-state index in [1.807, 2.05) is 13.8 Å². The number of carbonyl (C=O) groups excluding carboxylic acids is 1. The van der Waals surface area contributed by atoms with Crippen LogP contribution in [0.5, 0.6) is 0 Å². The molecule has 5 nitrogen and oxygen atoms in total. The van der Waals surface area contributed by atoms with Crippen molar-refractivity contribution < 1.29 is 9.90 Å². The molecule has 1 aromatic heterocycles. The summed E-state index contributed by atoms with van der Waals surface area (Å²) in [5.74, 6) is -0.0990. The van der Waals surface area contributed by atoms with Gasteiger partial charge in [-0.1, -0.05) is 25.5 Å². The summed E-state index contributed by atoms with van der Waals surface area (Å²) in [5, 5.41) is 16.4. The summed E-state index contributed by atoms with van der Waals surface area (Å²) in [7, 11) is 0. The summed E-state index contributed by atoms with van der Waals surface area (Å²) >= 11 is 0. The highest BCUT2D eigenvalue weighted by Crippen LogP contribution is 2.04. The minimum atomic E-state index is -0.0658. The van der Waals surface area contributed by atoms with E-state index in [4.69, 9.17) is 5.11 Å². The van der Waals surface area contributed by atoms with Crippen molar-refractivity contribution in [2.75, 3.05) is 6.61 Å². The number of hydrogen-bond acceptors (Lipinski definition) is 4. The molecule has 0 amide bonds. The molecule has 5 heteroatoms. The summed E-state index contributed by atoms with van der Waals surface area (Å²) < 4.78 is 1.31. The number of aliphatic hydroxyl groups is 1. The maximum Gasteiger partial charge on any atom is 0.250 e. The predicted molar refractivity (Wildman–Crippen MR) is 60.1 cm³/mol. The zero-order valence-corrected chi connectivity index (χ0v) is 9.89. The maximum absolute atomic E-state index is 11.6. The molecule has 0 fully saturated rings. The number of unbranched alkanes of at least 4 members (excludes halogenated alkanes) is 2. The van der Waals surface area contributed by atoms with Crippen molar-refractivity contribution in [3.05, 3.63) is 11.9 Å². The molecular weight excluding hydrogens is 206 g/mol. The lowest BCUT2D eigenvalue weighted by Gasteiger charge is -2.00. The third-order valence-electron chi connectivity index (χ3n) is 2.35. The Morgan fingerprint density at radius 3 is 2.81 bits per heavy atom. The maximum atomic E-state index is 11.6. The van der Waals surface area contributed by atoms with Crippen LogP contribution in [-0.2, 0) is 6.42 Å². The summed E-state index contributed by atoms with van der Waals surface area (Å²) in [5.41, 5.74) is 0.840. The van der Waals surface area contributed by atoms with Crippen LogP contribution in [-0.4, -0.2) is 32.6 Å². The van der Waals surface area contributed by atoms with E-state index in [1.54, 1.807) is 6.20 Å². The fourth-order valence-electron chi connectivity index (χ4n) is 1.38. The van der Waals surface area contributed by atoms with Crippen LogP contribution in [0.3, 0.4) is 0 Å². The Labute approximate surface area is 95.5 Å². The molecule has 0 aromatic carbocycles. The van der Waals surface area contributed by atoms with Crippen molar-refractivity contribution in [2.45, 2.75) is 39.5 Å². The molecule has 1 aromatic rings. The molecule has 0 aliphatic carbocycles. The Morgan fingerprint density at radius 1 is 1.44 bits per heavy atom. The van der Waals surface area contributed by atoms with Crippen LogP contribution in [0, 0.1) is 5.92 Å². The Hall–Kier alpha value is -1.23. The van der Waals surface area contributed by atoms with Gasteiger partial charge < -0.3 is 5.11 Å². The molecule has 90 valence electrons. The van der Waals surface area contributed by atoms with Crippen LogP contribution in [0.15, 0.2) is 6.20 Å². The summed E-state index contributed by atoms with van der Waals surface area (Å²) in [6, 6.07) is 0. The first kappa shape index (κ1) is 12.8. The molecule has 0 aliphatic rings. The van der Waals surface area contributed by atoms with Gasteiger partial charge in [0.05, 0.1) is 11.9 Å². The lowest BCUT2D eigenvalue weighted by Crippen LogP contribution is -2.17. The quantitative estimate of drug-likeness (QED) is 0.740. The molecule has 0 aliphatic heterocycles. The Morgan fingerprint density at radius 2 is 2.19 bits per heavy atom. The fraction of sp³-hybridized carbons (Fsp3) is 0.727. The van der Waals surface area contributed by atoms with Crippen molar-refractivity contribution in [1.82, 2.24) is 15.0 Å². The van der Waals surface area contributed by atoms with E-state index in [1.165, 1.54) is 4.68 Å². The van der Waals surface area contributed by atoms with E-state index in [-0.39, 0.29) is 18.4 Å². The standard InChI is InChI=1S/C11H19N3O2/c1-9(2)11(16)14-8-10(12-13-14)6-4-3-5-7-15/h8-9,15H,3-7H2,1-2H3. The van der Waals surface area contributed by atoms with Crippen LogP contribution in [0.2, 0.25) is 0 Å². The van der Waals surface area contributed by atoms with Crippen molar-refractivity contribution >= 4 is 5.91 Å². The molecule has 16 heavy (non-hydrogen) atoms. The number of rotatable bonds is 6. The van der Waals surface area contributed by atoms with Gasteiger partial charge in [0.2, 0.25) is 0 Å². The monoisotopic (exact) mass is 225 g/mol. The number of aryl methyl sites for hydroxylation is 1. The number of aromatic nitrogens is 3. The highest BCUT2D eigenvalue weighted by atomic mass is 16.2. The normalized spacial score (nSPS) is 11.0. The second-order valence-corrected chi connectivity index (χ2v) is 4.18. The van der Waals surface area contributed by atoms with Gasteiger partial charge in [-0.05, 0) is 19.3 Å². The van der Waals surface area contributed by atoms with Gasteiger partial charge in [0.1, 0.15) is 0 Å². The lowest BCUT2D eigenvalue weighted by atomic mass is 10.1. The number of aliphatic hydroxyl groups excluding tert-OH is 1. The van der Waals surface area contributed by atoms with Crippen LogP contribution < -0.4 is 0 Å². The Kier molecular flexibility index (Phi) is 5.11. The van der Waals surface area contributed by atoms with E-state index in [0.717, 1.165) is 31.4 Å². The van der Waals surface area contributed by atoms with E-state index in [9.17, 15) is 4.79 Å². The molecule has 0 bridgehead atoms. The van der Waals surface area contributed by atoms with Crippen LogP contribution >= 0.6 is 0 Å². The van der Waals surface area contributed by atoms with Crippen molar-refractivity contribution in [2.24, 2.45) is 5.92 Å². The molecule has 0 unspecified atom stereocenters. The van der Waals surface area contributed by atoms with Crippen LogP contribution in [0.1, 0.15) is 43.6 Å². The number of hydrogen-bond donors (Lipinski definition) is 1. The molecule has 0 saturated heterocycles. The summed E-state index contributed by atoms with van der Waals surface area (Å²) in [6.45, 7) is 3.91. The van der Waals surface area contributed by atoms with E-state index in [2.05, 4.69) is 10.3 Å². The lowest BCUT2D eigenvalue weighted by molar-refractivity contribution is 0.0836. The van der Waals surface area contributed by atoms with Gasteiger partial charge >= 0.3 is 0 Å². The van der Waals surface area contributed by atoms with Gasteiger partial charge in [-0.3, -0.25) is 4.79 Å².